The molecule has 30 heavy (non-hydrogen) atoms. The summed E-state index contributed by atoms with van der Waals surface area (Å²) < 4.78 is 21.1. The summed E-state index contributed by atoms with van der Waals surface area (Å²) >= 11 is 0. The molecular weight excluding hydrogens is 390 g/mol. The van der Waals surface area contributed by atoms with Gasteiger partial charge in [-0.3, -0.25) is 4.79 Å². The number of carbonyl (C=O) groups is 3. The summed E-state index contributed by atoms with van der Waals surface area (Å²) in [6, 6.07) is 13.8. The second-order valence-electron chi connectivity index (χ2n) is 7.01. The molecule has 0 N–H and O–H groups in total. The van der Waals surface area contributed by atoms with E-state index in [4.69, 9.17) is 18.9 Å². The van der Waals surface area contributed by atoms with E-state index in [0.29, 0.717) is 17.9 Å². The number of esters is 2. The van der Waals surface area contributed by atoms with E-state index in [1.165, 1.54) is 12.0 Å². The Labute approximate surface area is 173 Å². The molecule has 2 aliphatic rings. The molecule has 0 aliphatic carbocycles. The van der Waals surface area contributed by atoms with Crippen LogP contribution in [0.25, 0.3) is 0 Å². The van der Waals surface area contributed by atoms with Crippen molar-refractivity contribution >= 4 is 17.8 Å². The molecule has 156 valence electrons. The Balaban J connectivity index is 1.40. The lowest BCUT2D eigenvalue weighted by molar-refractivity contribution is -0.163. The number of rotatable bonds is 4. The fourth-order valence-electron chi connectivity index (χ4n) is 3.58. The highest BCUT2D eigenvalue weighted by Gasteiger charge is 2.36. The summed E-state index contributed by atoms with van der Waals surface area (Å²) in [4.78, 5) is 38.8. The predicted octanol–water partition coefficient (Wildman–Crippen LogP) is 1.50. The van der Waals surface area contributed by atoms with Crippen LogP contribution in [0.1, 0.15) is 11.1 Å². The standard InChI is InChI=1S/C22H21NO7/c1-27-21(25)16-10-14-6-2-3-7-15(14)11-23(16)20(24)13-29-22(26)19-12-28-17-8-4-5-9-18(17)30-19/h2-9,16,19H,10-13H2,1H3/t16-,19-/m1/s1. The van der Waals surface area contributed by atoms with E-state index >= 15 is 0 Å². The van der Waals surface area contributed by atoms with Crippen LogP contribution < -0.4 is 9.47 Å². The van der Waals surface area contributed by atoms with Crippen molar-refractivity contribution in [1.29, 1.82) is 0 Å². The largest absolute Gasteiger partial charge is 0.485 e. The Kier molecular flexibility index (Phi) is 5.56. The molecule has 0 bridgehead atoms. The fourth-order valence-corrected chi connectivity index (χ4v) is 3.58. The van der Waals surface area contributed by atoms with Crippen LogP contribution in [0.4, 0.5) is 0 Å². The first-order valence-electron chi connectivity index (χ1n) is 9.56. The summed E-state index contributed by atoms with van der Waals surface area (Å²) in [6.45, 7) is -0.273. The molecular formula is C22H21NO7. The maximum atomic E-state index is 12.8. The first-order chi connectivity index (χ1) is 14.6. The quantitative estimate of drug-likeness (QED) is 0.704. The van der Waals surface area contributed by atoms with Crippen LogP contribution in [0, 0.1) is 0 Å². The lowest BCUT2D eigenvalue weighted by atomic mass is 9.94. The number of nitrogens with zero attached hydrogens (tertiary/aromatic N) is 1. The van der Waals surface area contributed by atoms with Crippen LogP contribution >= 0.6 is 0 Å². The van der Waals surface area contributed by atoms with Gasteiger partial charge in [-0.15, -0.1) is 0 Å². The lowest BCUT2D eigenvalue weighted by Crippen LogP contribution is -2.50. The third kappa shape index (κ3) is 3.94. The Morgan fingerprint density at radius 2 is 1.70 bits per heavy atom. The molecule has 2 aromatic rings. The summed E-state index contributed by atoms with van der Waals surface area (Å²) in [5.41, 5.74) is 1.93. The summed E-state index contributed by atoms with van der Waals surface area (Å²) in [7, 11) is 1.28. The van der Waals surface area contributed by atoms with Crippen LogP contribution in [0.3, 0.4) is 0 Å². The minimum absolute atomic E-state index is 0.00802. The molecule has 0 fully saturated rings. The zero-order chi connectivity index (χ0) is 21.1. The van der Waals surface area contributed by atoms with Gasteiger partial charge in [0, 0.05) is 13.0 Å². The van der Waals surface area contributed by atoms with Crippen LogP contribution in [0.2, 0.25) is 0 Å². The molecule has 2 aliphatic heterocycles. The number of hydrogen-bond acceptors (Lipinski definition) is 7. The van der Waals surface area contributed by atoms with E-state index in [1.807, 2.05) is 24.3 Å². The van der Waals surface area contributed by atoms with E-state index in [1.54, 1.807) is 24.3 Å². The number of fused-ring (bicyclic) bond motifs is 2. The molecule has 0 saturated carbocycles. The number of para-hydroxylation sites is 2. The molecule has 1 amide bonds. The highest BCUT2D eigenvalue weighted by molar-refractivity contribution is 5.87. The Hall–Kier alpha value is -3.55. The highest BCUT2D eigenvalue weighted by Crippen LogP contribution is 2.31. The minimum Gasteiger partial charge on any atom is -0.485 e. The van der Waals surface area contributed by atoms with E-state index in [0.717, 1.165) is 11.1 Å². The van der Waals surface area contributed by atoms with Gasteiger partial charge in [-0.1, -0.05) is 36.4 Å². The van der Waals surface area contributed by atoms with Crippen molar-refractivity contribution in [3.8, 4) is 11.5 Å². The van der Waals surface area contributed by atoms with Crippen molar-refractivity contribution in [2.24, 2.45) is 0 Å². The van der Waals surface area contributed by atoms with Crippen molar-refractivity contribution in [3.05, 3.63) is 59.7 Å². The number of benzene rings is 2. The molecule has 4 rings (SSSR count). The Morgan fingerprint density at radius 3 is 2.47 bits per heavy atom. The van der Waals surface area contributed by atoms with Gasteiger partial charge < -0.3 is 23.8 Å². The first kappa shape index (κ1) is 19.8. The van der Waals surface area contributed by atoms with Crippen LogP contribution in [-0.4, -0.2) is 55.2 Å². The molecule has 0 unspecified atom stereocenters. The van der Waals surface area contributed by atoms with Crippen molar-refractivity contribution in [1.82, 2.24) is 4.90 Å². The van der Waals surface area contributed by atoms with Crippen molar-refractivity contribution in [2.45, 2.75) is 25.1 Å². The van der Waals surface area contributed by atoms with E-state index < -0.39 is 36.6 Å². The number of methoxy groups -OCH3 is 1. The second-order valence-corrected chi connectivity index (χ2v) is 7.01. The zero-order valence-electron chi connectivity index (χ0n) is 16.4. The second kappa shape index (κ2) is 8.44. The monoisotopic (exact) mass is 411 g/mol. The van der Waals surface area contributed by atoms with Gasteiger partial charge in [-0.05, 0) is 23.3 Å². The van der Waals surface area contributed by atoms with Gasteiger partial charge in [0.15, 0.2) is 18.1 Å². The molecule has 8 heteroatoms. The van der Waals surface area contributed by atoms with Crippen LogP contribution in [0.15, 0.2) is 48.5 Å². The Bertz CT molecular complexity index is 973. The maximum absolute atomic E-state index is 12.8. The first-order valence-corrected chi connectivity index (χ1v) is 9.56. The van der Waals surface area contributed by atoms with Crippen molar-refractivity contribution < 1.29 is 33.3 Å². The molecule has 0 saturated heterocycles. The van der Waals surface area contributed by atoms with Gasteiger partial charge in [-0.2, -0.15) is 0 Å². The van der Waals surface area contributed by atoms with Crippen molar-refractivity contribution in [2.75, 3.05) is 20.3 Å². The third-order valence-electron chi connectivity index (χ3n) is 5.15. The van der Waals surface area contributed by atoms with Crippen molar-refractivity contribution in [3.63, 3.8) is 0 Å². The van der Waals surface area contributed by atoms with E-state index in [-0.39, 0.29) is 13.2 Å². The summed E-state index contributed by atoms with van der Waals surface area (Å²) in [5.74, 6) is -0.707. The normalized spacial score (nSPS) is 19.4. The van der Waals surface area contributed by atoms with Gasteiger partial charge >= 0.3 is 11.9 Å². The van der Waals surface area contributed by atoms with Gasteiger partial charge in [0.2, 0.25) is 6.10 Å². The average Bonchev–Trinajstić information content (AvgIpc) is 2.80. The molecule has 2 heterocycles. The lowest BCUT2D eigenvalue weighted by Gasteiger charge is -2.35. The molecule has 0 radical (unpaired) electrons. The predicted molar refractivity (Wildman–Crippen MR) is 104 cm³/mol. The minimum atomic E-state index is -0.966. The van der Waals surface area contributed by atoms with Crippen LogP contribution in [-0.2, 0) is 36.8 Å². The SMILES string of the molecule is COC(=O)[C@H]1Cc2ccccc2CN1C(=O)COC(=O)[C@H]1COc2ccccc2O1. The molecule has 0 spiro atoms. The van der Waals surface area contributed by atoms with Gasteiger partial charge in [-0.25, -0.2) is 9.59 Å². The highest BCUT2D eigenvalue weighted by atomic mass is 16.6. The molecule has 2 atom stereocenters. The molecule has 0 aromatic heterocycles. The van der Waals surface area contributed by atoms with E-state index in [9.17, 15) is 14.4 Å². The van der Waals surface area contributed by atoms with Crippen LogP contribution in [0.5, 0.6) is 11.5 Å². The number of ether oxygens (including phenoxy) is 4. The van der Waals surface area contributed by atoms with Gasteiger partial charge in [0.05, 0.1) is 7.11 Å². The average molecular weight is 411 g/mol. The molecule has 2 aromatic carbocycles. The Morgan fingerprint density at radius 1 is 1.00 bits per heavy atom. The van der Waals surface area contributed by atoms with Gasteiger partial charge in [0.25, 0.3) is 5.91 Å². The zero-order valence-corrected chi connectivity index (χ0v) is 16.4. The summed E-state index contributed by atoms with van der Waals surface area (Å²) in [6.07, 6.45) is -0.620. The topological polar surface area (TPSA) is 91.4 Å². The third-order valence-corrected chi connectivity index (χ3v) is 5.15. The summed E-state index contributed by atoms with van der Waals surface area (Å²) in [5, 5.41) is 0. The number of carbonyl (C=O) groups excluding carboxylic acids is 3. The number of amides is 1. The number of hydrogen-bond donors (Lipinski definition) is 0. The fraction of sp³-hybridized carbons (Fsp3) is 0.318. The maximum Gasteiger partial charge on any atom is 0.351 e. The van der Waals surface area contributed by atoms with Gasteiger partial charge in [0.1, 0.15) is 12.6 Å². The smallest absolute Gasteiger partial charge is 0.351 e. The molecule has 8 nitrogen and oxygen atoms in total. The van der Waals surface area contributed by atoms with E-state index in [2.05, 4.69) is 0 Å².